The molecular weight excluding hydrogens is 384 g/mol. The zero-order valence-electron chi connectivity index (χ0n) is 16.0. The summed E-state index contributed by atoms with van der Waals surface area (Å²) in [7, 11) is 0. The van der Waals surface area contributed by atoms with Crippen molar-refractivity contribution in [1.82, 2.24) is 5.43 Å². The molecule has 0 heterocycles. The third-order valence-corrected chi connectivity index (χ3v) is 4.26. The Morgan fingerprint density at radius 1 is 0.967 bits per heavy atom. The smallest absolute Gasteiger partial charge is 0.271 e. The van der Waals surface area contributed by atoms with E-state index >= 15 is 0 Å². The summed E-state index contributed by atoms with van der Waals surface area (Å²) in [5.41, 5.74) is 5.17. The van der Waals surface area contributed by atoms with Crippen molar-refractivity contribution in [3.05, 3.63) is 105 Å². The van der Waals surface area contributed by atoms with Crippen molar-refractivity contribution >= 4 is 29.4 Å². The fourth-order valence-electron chi connectivity index (χ4n) is 2.68. The van der Waals surface area contributed by atoms with E-state index in [4.69, 9.17) is 0 Å². The van der Waals surface area contributed by atoms with Crippen LogP contribution >= 0.6 is 0 Å². The average Bonchev–Trinajstić information content (AvgIpc) is 2.74. The Labute approximate surface area is 172 Å². The number of carbonyl (C=O) groups excluding carboxylic acids is 2. The molecule has 0 saturated heterocycles. The van der Waals surface area contributed by atoms with Gasteiger partial charge in [0.1, 0.15) is 0 Å². The number of nitro groups is 1. The Morgan fingerprint density at radius 3 is 2.40 bits per heavy atom. The van der Waals surface area contributed by atoms with Gasteiger partial charge in [-0.3, -0.25) is 19.7 Å². The van der Waals surface area contributed by atoms with Crippen LogP contribution in [0.5, 0.6) is 0 Å². The van der Waals surface area contributed by atoms with Crippen molar-refractivity contribution in [2.75, 3.05) is 5.32 Å². The van der Waals surface area contributed by atoms with Gasteiger partial charge in [-0.15, -0.1) is 0 Å². The molecule has 0 bridgehead atoms. The zero-order chi connectivity index (χ0) is 21.5. The maximum atomic E-state index is 12.4. The highest BCUT2D eigenvalue weighted by Crippen LogP contribution is 2.14. The zero-order valence-corrected chi connectivity index (χ0v) is 16.0. The van der Waals surface area contributed by atoms with Gasteiger partial charge in [0.25, 0.3) is 17.5 Å². The van der Waals surface area contributed by atoms with Gasteiger partial charge in [-0.25, -0.2) is 5.43 Å². The molecule has 2 amide bonds. The maximum absolute atomic E-state index is 12.4. The lowest BCUT2D eigenvalue weighted by Gasteiger charge is -2.08. The van der Waals surface area contributed by atoms with E-state index in [2.05, 4.69) is 15.8 Å². The molecule has 0 aliphatic carbocycles. The number of rotatable bonds is 6. The highest BCUT2D eigenvalue weighted by Gasteiger charge is 2.10. The van der Waals surface area contributed by atoms with Gasteiger partial charge in [-0.1, -0.05) is 24.3 Å². The number of hydrogen-bond acceptors (Lipinski definition) is 5. The largest absolute Gasteiger partial charge is 0.322 e. The first-order valence-corrected chi connectivity index (χ1v) is 8.99. The fourth-order valence-corrected chi connectivity index (χ4v) is 2.68. The number of hydrogen-bond donors (Lipinski definition) is 2. The van der Waals surface area contributed by atoms with E-state index in [-0.39, 0.29) is 11.6 Å². The third kappa shape index (κ3) is 5.14. The van der Waals surface area contributed by atoms with Crippen LogP contribution in [0.1, 0.15) is 31.8 Å². The summed E-state index contributed by atoms with van der Waals surface area (Å²) < 4.78 is 0. The molecule has 3 aromatic rings. The van der Waals surface area contributed by atoms with Gasteiger partial charge in [-0.2, -0.15) is 5.10 Å². The van der Waals surface area contributed by atoms with E-state index in [9.17, 15) is 19.7 Å². The summed E-state index contributed by atoms with van der Waals surface area (Å²) in [6, 6.07) is 19.5. The molecule has 8 nitrogen and oxygen atoms in total. The van der Waals surface area contributed by atoms with Crippen LogP contribution in [0.2, 0.25) is 0 Å². The molecule has 8 heteroatoms. The minimum atomic E-state index is -0.492. The molecule has 0 radical (unpaired) electrons. The van der Waals surface area contributed by atoms with Crippen molar-refractivity contribution < 1.29 is 14.5 Å². The highest BCUT2D eigenvalue weighted by atomic mass is 16.6. The van der Waals surface area contributed by atoms with E-state index in [1.165, 1.54) is 30.5 Å². The van der Waals surface area contributed by atoms with E-state index in [1.807, 2.05) is 19.1 Å². The quantitative estimate of drug-likeness (QED) is 0.369. The van der Waals surface area contributed by atoms with Gasteiger partial charge >= 0.3 is 0 Å². The van der Waals surface area contributed by atoms with Crippen LogP contribution < -0.4 is 10.7 Å². The monoisotopic (exact) mass is 402 g/mol. The van der Waals surface area contributed by atoms with Crippen molar-refractivity contribution in [2.24, 2.45) is 5.10 Å². The molecule has 30 heavy (non-hydrogen) atoms. The SMILES string of the molecule is Cc1ccccc1C(=O)Nc1cccc(C(=O)NN=Cc2ccc([N+](=O)[O-])cc2)c1. The van der Waals surface area contributed by atoms with Gasteiger partial charge < -0.3 is 5.32 Å². The second-order valence-electron chi connectivity index (χ2n) is 6.40. The second-order valence-corrected chi connectivity index (χ2v) is 6.40. The first kappa shape index (κ1) is 20.4. The van der Waals surface area contributed by atoms with Crippen molar-refractivity contribution in [3.63, 3.8) is 0 Å². The Bertz CT molecular complexity index is 1120. The maximum Gasteiger partial charge on any atom is 0.271 e. The second kappa shape index (κ2) is 9.24. The number of nitrogens with one attached hydrogen (secondary N) is 2. The Balaban J connectivity index is 1.63. The standard InChI is InChI=1S/C22H18N4O4/c1-15-5-2-3-8-20(15)22(28)24-18-7-4-6-17(13-18)21(27)25-23-14-16-9-11-19(12-10-16)26(29)30/h2-14H,1H3,(H,24,28)(H,25,27). The fraction of sp³-hybridized carbons (Fsp3) is 0.0455. The number of amides is 2. The summed E-state index contributed by atoms with van der Waals surface area (Å²) in [5, 5.41) is 17.3. The predicted molar refractivity (Wildman–Crippen MR) is 114 cm³/mol. The van der Waals surface area contributed by atoms with Crippen LogP contribution in [0, 0.1) is 17.0 Å². The number of nitrogens with zero attached hydrogens (tertiary/aromatic N) is 2. The van der Waals surface area contributed by atoms with E-state index in [1.54, 1.807) is 36.4 Å². The van der Waals surface area contributed by atoms with Crippen LogP contribution in [0.25, 0.3) is 0 Å². The summed E-state index contributed by atoms with van der Waals surface area (Å²) in [6.45, 7) is 1.85. The van der Waals surface area contributed by atoms with Crippen molar-refractivity contribution in [1.29, 1.82) is 0 Å². The minimum absolute atomic E-state index is 0.0271. The number of nitro benzene ring substituents is 1. The first-order chi connectivity index (χ1) is 14.4. The van der Waals surface area contributed by atoms with Crippen LogP contribution in [0.15, 0.2) is 77.9 Å². The minimum Gasteiger partial charge on any atom is -0.322 e. The number of benzene rings is 3. The molecule has 0 saturated carbocycles. The first-order valence-electron chi connectivity index (χ1n) is 8.99. The molecule has 0 aromatic heterocycles. The van der Waals surface area contributed by atoms with E-state index < -0.39 is 10.8 Å². The van der Waals surface area contributed by atoms with E-state index in [0.29, 0.717) is 22.4 Å². The number of non-ortho nitro benzene ring substituents is 1. The summed E-state index contributed by atoms with van der Waals surface area (Å²) in [4.78, 5) is 34.9. The molecule has 0 spiro atoms. The van der Waals surface area contributed by atoms with Gasteiger partial charge in [0.05, 0.1) is 11.1 Å². The normalized spacial score (nSPS) is 10.6. The van der Waals surface area contributed by atoms with Gasteiger partial charge in [0.15, 0.2) is 0 Å². The van der Waals surface area contributed by atoms with Gasteiger partial charge in [0, 0.05) is 28.9 Å². The predicted octanol–water partition coefficient (Wildman–Crippen LogP) is 3.92. The van der Waals surface area contributed by atoms with Gasteiger partial charge in [0.2, 0.25) is 0 Å². The molecule has 0 unspecified atom stereocenters. The van der Waals surface area contributed by atoms with Crippen LogP contribution in [-0.2, 0) is 0 Å². The third-order valence-electron chi connectivity index (χ3n) is 4.26. The topological polar surface area (TPSA) is 114 Å². The van der Waals surface area contributed by atoms with Gasteiger partial charge in [-0.05, 0) is 54.4 Å². The van der Waals surface area contributed by atoms with E-state index in [0.717, 1.165) is 5.56 Å². The Kier molecular flexibility index (Phi) is 6.29. The number of aryl methyl sites for hydroxylation is 1. The lowest BCUT2D eigenvalue weighted by atomic mass is 10.1. The molecule has 150 valence electrons. The van der Waals surface area contributed by atoms with Crippen LogP contribution in [-0.4, -0.2) is 23.0 Å². The number of carbonyl (C=O) groups is 2. The summed E-state index contributed by atoms with van der Waals surface area (Å²) in [5.74, 6) is -0.720. The molecule has 0 atom stereocenters. The molecule has 0 aliphatic heterocycles. The summed E-state index contributed by atoms with van der Waals surface area (Å²) >= 11 is 0. The van der Waals surface area contributed by atoms with Crippen LogP contribution in [0.3, 0.4) is 0 Å². The molecule has 0 fully saturated rings. The Morgan fingerprint density at radius 2 is 1.70 bits per heavy atom. The Hall–Kier alpha value is -4.33. The number of anilines is 1. The average molecular weight is 402 g/mol. The van der Waals surface area contributed by atoms with Crippen molar-refractivity contribution in [2.45, 2.75) is 6.92 Å². The molecule has 3 rings (SSSR count). The molecule has 3 aromatic carbocycles. The molecule has 0 aliphatic rings. The summed E-state index contributed by atoms with van der Waals surface area (Å²) in [6.07, 6.45) is 1.38. The lowest BCUT2D eigenvalue weighted by molar-refractivity contribution is -0.384. The molecular formula is C22H18N4O4. The number of hydrazone groups is 1. The highest BCUT2D eigenvalue weighted by molar-refractivity contribution is 6.06. The van der Waals surface area contributed by atoms with Crippen molar-refractivity contribution in [3.8, 4) is 0 Å². The lowest BCUT2D eigenvalue weighted by Crippen LogP contribution is -2.18. The van der Waals surface area contributed by atoms with Crippen LogP contribution in [0.4, 0.5) is 11.4 Å². The molecule has 2 N–H and O–H groups in total.